The normalized spacial score (nSPS) is 13.0. The zero-order chi connectivity index (χ0) is 12.1. The highest BCUT2D eigenvalue weighted by atomic mass is 32.1. The summed E-state index contributed by atoms with van der Waals surface area (Å²) in [6.07, 6.45) is 0.201. The number of carbonyl (C=O) groups is 1. The van der Waals surface area contributed by atoms with E-state index in [0.29, 0.717) is 6.42 Å². The van der Waals surface area contributed by atoms with Crippen LogP contribution in [0.2, 0.25) is 0 Å². The van der Waals surface area contributed by atoms with Gasteiger partial charge in [-0.3, -0.25) is 4.79 Å². The van der Waals surface area contributed by atoms with E-state index >= 15 is 0 Å². The molecule has 0 aromatic carbocycles. The van der Waals surface area contributed by atoms with Crippen LogP contribution in [0.5, 0.6) is 0 Å². The van der Waals surface area contributed by atoms with Crippen LogP contribution in [0.25, 0.3) is 0 Å². The molecule has 1 aromatic heterocycles. The van der Waals surface area contributed by atoms with E-state index in [2.05, 4.69) is 0 Å². The molecule has 2 N–H and O–H groups in total. The van der Waals surface area contributed by atoms with Crippen LogP contribution in [0.3, 0.4) is 0 Å². The van der Waals surface area contributed by atoms with Crippen LogP contribution in [-0.4, -0.2) is 41.7 Å². The van der Waals surface area contributed by atoms with Crippen molar-refractivity contribution in [1.82, 2.24) is 4.90 Å². The Kier molecular flexibility index (Phi) is 4.92. The van der Waals surface area contributed by atoms with Crippen molar-refractivity contribution in [2.45, 2.75) is 18.9 Å². The van der Waals surface area contributed by atoms with Crippen molar-refractivity contribution in [3.8, 4) is 0 Å². The third-order valence-electron chi connectivity index (χ3n) is 2.21. The maximum Gasteiger partial charge on any atom is 0.307 e. The van der Waals surface area contributed by atoms with E-state index in [4.69, 9.17) is 5.11 Å². The smallest absolute Gasteiger partial charge is 0.307 e. The van der Waals surface area contributed by atoms with Crippen LogP contribution in [0.4, 0.5) is 0 Å². The Labute approximate surface area is 99.1 Å². The molecule has 5 heteroatoms. The Morgan fingerprint density at radius 1 is 1.56 bits per heavy atom. The number of aliphatic hydroxyl groups is 1. The van der Waals surface area contributed by atoms with Crippen molar-refractivity contribution >= 4 is 17.3 Å². The van der Waals surface area contributed by atoms with Gasteiger partial charge < -0.3 is 15.1 Å². The van der Waals surface area contributed by atoms with Crippen LogP contribution >= 0.6 is 11.3 Å². The molecule has 1 heterocycles. The van der Waals surface area contributed by atoms with Gasteiger partial charge in [0.25, 0.3) is 0 Å². The van der Waals surface area contributed by atoms with E-state index in [9.17, 15) is 9.90 Å². The van der Waals surface area contributed by atoms with E-state index < -0.39 is 12.1 Å². The molecular formula is C11H17NO3S. The van der Waals surface area contributed by atoms with Gasteiger partial charge in [0.1, 0.15) is 0 Å². The maximum absolute atomic E-state index is 10.5. The Bertz CT molecular complexity index is 349. The van der Waals surface area contributed by atoms with E-state index in [1.54, 1.807) is 11.4 Å². The highest BCUT2D eigenvalue weighted by Gasteiger charge is 2.12. The standard InChI is InChI=1S/C11H17NO3S/c1-12(2)4-3-9(13)10-5-8(7-16-10)6-11(14)15/h5,7,9,13H,3-4,6H2,1-2H3,(H,14,15). The average molecular weight is 243 g/mol. The molecule has 1 unspecified atom stereocenters. The van der Waals surface area contributed by atoms with Crippen molar-refractivity contribution in [1.29, 1.82) is 0 Å². The van der Waals surface area contributed by atoms with Crippen LogP contribution in [0, 0.1) is 0 Å². The lowest BCUT2D eigenvalue weighted by atomic mass is 10.1. The molecular weight excluding hydrogens is 226 g/mol. The fraction of sp³-hybridized carbons (Fsp3) is 0.545. The van der Waals surface area contributed by atoms with E-state index in [-0.39, 0.29) is 6.42 Å². The zero-order valence-corrected chi connectivity index (χ0v) is 10.3. The molecule has 1 atom stereocenters. The predicted molar refractivity (Wildman–Crippen MR) is 63.8 cm³/mol. The average Bonchev–Trinajstić information content (AvgIpc) is 2.61. The molecule has 0 amide bonds. The van der Waals surface area contributed by atoms with Crippen molar-refractivity contribution in [2.24, 2.45) is 0 Å². The summed E-state index contributed by atoms with van der Waals surface area (Å²) in [6.45, 7) is 0.813. The zero-order valence-electron chi connectivity index (χ0n) is 9.51. The van der Waals surface area contributed by atoms with Crippen molar-refractivity contribution in [3.63, 3.8) is 0 Å². The third-order valence-corrected chi connectivity index (χ3v) is 3.29. The molecule has 0 bridgehead atoms. The molecule has 4 nitrogen and oxygen atoms in total. The molecule has 0 fully saturated rings. The molecule has 1 aromatic rings. The number of carboxylic acids is 1. The minimum atomic E-state index is -0.841. The van der Waals surface area contributed by atoms with Crippen LogP contribution in [-0.2, 0) is 11.2 Å². The quantitative estimate of drug-likeness (QED) is 0.792. The minimum Gasteiger partial charge on any atom is -0.481 e. The minimum absolute atomic E-state index is 0.0247. The second-order valence-electron chi connectivity index (χ2n) is 4.04. The van der Waals surface area contributed by atoms with Gasteiger partial charge in [-0.1, -0.05) is 0 Å². The summed E-state index contributed by atoms with van der Waals surface area (Å²) in [4.78, 5) is 13.4. The van der Waals surface area contributed by atoms with Gasteiger partial charge in [0.2, 0.25) is 0 Å². The van der Waals surface area contributed by atoms with Gasteiger partial charge in [-0.05, 0) is 37.5 Å². The Morgan fingerprint density at radius 3 is 2.81 bits per heavy atom. The molecule has 90 valence electrons. The maximum atomic E-state index is 10.5. The lowest BCUT2D eigenvalue weighted by Crippen LogP contribution is -2.15. The highest BCUT2D eigenvalue weighted by Crippen LogP contribution is 2.24. The summed E-state index contributed by atoms with van der Waals surface area (Å²) >= 11 is 1.42. The van der Waals surface area contributed by atoms with Crippen LogP contribution < -0.4 is 0 Å². The first-order valence-electron chi connectivity index (χ1n) is 5.11. The summed E-state index contributed by atoms with van der Waals surface area (Å²) in [5, 5.41) is 20.3. The summed E-state index contributed by atoms with van der Waals surface area (Å²) in [7, 11) is 3.91. The van der Waals surface area contributed by atoms with Gasteiger partial charge in [0.05, 0.1) is 12.5 Å². The number of hydrogen-bond acceptors (Lipinski definition) is 4. The molecule has 16 heavy (non-hydrogen) atoms. The summed E-state index contributed by atoms with van der Waals surface area (Å²) in [5.74, 6) is -0.841. The lowest BCUT2D eigenvalue weighted by molar-refractivity contribution is -0.136. The number of hydrogen-bond donors (Lipinski definition) is 2. The number of nitrogens with zero attached hydrogens (tertiary/aromatic N) is 1. The van der Waals surface area contributed by atoms with E-state index in [0.717, 1.165) is 17.0 Å². The largest absolute Gasteiger partial charge is 0.481 e. The van der Waals surface area contributed by atoms with Crippen LogP contribution in [0.15, 0.2) is 11.4 Å². The lowest BCUT2D eigenvalue weighted by Gasteiger charge is -2.12. The van der Waals surface area contributed by atoms with Crippen LogP contribution in [0.1, 0.15) is 23.0 Å². The number of thiophene rings is 1. The van der Waals surface area contributed by atoms with Gasteiger partial charge in [-0.15, -0.1) is 11.3 Å². The van der Waals surface area contributed by atoms with Gasteiger partial charge >= 0.3 is 5.97 Å². The molecule has 0 aliphatic heterocycles. The van der Waals surface area contributed by atoms with E-state index in [1.165, 1.54) is 11.3 Å². The first-order valence-corrected chi connectivity index (χ1v) is 5.99. The monoisotopic (exact) mass is 243 g/mol. The number of aliphatic carboxylic acids is 1. The molecule has 0 aliphatic rings. The van der Waals surface area contributed by atoms with Gasteiger partial charge in [0.15, 0.2) is 0 Å². The van der Waals surface area contributed by atoms with E-state index in [1.807, 2.05) is 19.0 Å². The topological polar surface area (TPSA) is 60.8 Å². The molecule has 0 radical (unpaired) electrons. The van der Waals surface area contributed by atoms with Crippen molar-refractivity contribution in [3.05, 3.63) is 21.9 Å². The predicted octanol–water partition coefficient (Wildman–Crippen LogP) is 1.36. The van der Waals surface area contributed by atoms with Crippen molar-refractivity contribution < 1.29 is 15.0 Å². The molecule has 1 rings (SSSR count). The molecule has 0 aliphatic carbocycles. The second kappa shape index (κ2) is 5.98. The Morgan fingerprint density at radius 2 is 2.25 bits per heavy atom. The summed E-state index contributed by atoms with van der Waals surface area (Å²) < 4.78 is 0. The highest BCUT2D eigenvalue weighted by molar-refractivity contribution is 7.10. The fourth-order valence-corrected chi connectivity index (χ4v) is 2.29. The summed E-state index contributed by atoms with van der Waals surface area (Å²) in [5.41, 5.74) is 0.761. The SMILES string of the molecule is CN(C)CCC(O)c1cc(CC(=O)O)cs1. The van der Waals surface area contributed by atoms with Gasteiger partial charge in [-0.25, -0.2) is 0 Å². The third kappa shape index (κ3) is 4.30. The summed E-state index contributed by atoms with van der Waals surface area (Å²) in [6, 6.07) is 1.78. The second-order valence-corrected chi connectivity index (χ2v) is 4.98. The molecule has 0 spiro atoms. The fourth-order valence-electron chi connectivity index (χ4n) is 1.36. The Balaban J connectivity index is 2.52. The van der Waals surface area contributed by atoms with Gasteiger partial charge in [-0.2, -0.15) is 0 Å². The van der Waals surface area contributed by atoms with Gasteiger partial charge in [0, 0.05) is 11.4 Å². The number of aliphatic hydroxyl groups excluding tert-OH is 1. The van der Waals surface area contributed by atoms with Crippen molar-refractivity contribution in [2.75, 3.05) is 20.6 Å². The first-order chi connectivity index (χ1) is 7.49. The molecule has 0 saturated heterocycles. The number of rotatable bonds is 6. The number of carboxylic acid groups (broad SMARTS) is 1. The molecule has 0 saturated carbocycles. The first kappa shape index (κ1) is 13.2. The Hall–Kier alpha value is -0.910.